The molecule has 0 heterocycles. The van der Waals surface area contributed by atoms with E-state index in [1.54, 1.807) is 20.1 Å². The molecular formula is C19H23NO5. The van der Waals surface area contributed by atoms with Crippen LogP contribution in [0.15, 0.2) is 24.3 Å². The van der Waals surface area contributed by atoms with Crippen LogP contribution >= 0.6 is 0 Å². The van der Waals surface area contributed by atoms with Crippen LogP contribution in [0.2, 0.25) is 0 Å². The number of carbonyl (C=O) groups is 1. The van der Waals surface area contributed by atoms with Crippen LogP contribution in [0.4, 0.5) is 0 Å². The highest BCUT2D eigenvalue weighted by Gasteiger charge is 2.49. The predicted octanol–water partition coefficient (Wildman–Crippen LogP) is 3.22. The molecule has 25 heavy (non-hydrogen) atoms. The molecule has 0 aromatic heterocycles. The molecule has 6 nitrogen and oxygen atoms in total. The Bertz CT molecular complexity index is 707. The molecular weight excluding hydrogens is 322 g/mol. The van der Waals surface area contributed by atoms with E-state index in [1.165, 1.54) is 14.2 Å². The first-order valence-corrected chi connectivity index (χ1v) is 8.11. The Balaban J connectivity index is 2.63. The monoisotopic (exact) mass is 345 g/mol. The summed E-state index contributed by atoms with van der Waals surface area (Å²) in [5.41, 5.74) is -0.573. The molecule has 0 N–H and O–H groups in total. The fraction of sp³-hybridized carbons (Fsp3) is 0.474. The molecule has 134 valence electrons. The van der Waals surface area contributed by atoms with E-state index in [0.717, 1.165) is 5.56 Å². The first-order valence-electron chi connectivity index (χ1n) is 8.11. The Morgan fingerprint density at radius 1 is 1.20 bits per heavy atom. The largest absolute Gasteiger partial charge is 0.493 e. The summed E-state index contributed by atoms with van der Waals surface area (Å²) >= 11 is 0. The van der Waals surface area contributed by atoms with E-state index >= 15 is 0 Å². The van der Waals surface area contributed by atoms with Crippen LogP contribution in [0.25, 0.3) is 0 Å². The van der Waals surface area contributed by atoms with E-state index in [9.17, 15) is 10.1 Å². The Morgan fingerprint density at radius 2 is 1.92 bits per heavy atom. The number of hydrogen-bond acceptors (Lipinski definition) is 6. The molecule has 1 aromatic carbocycles. The molecule has 2 unspecified atom stereocenters. The maximum Gasteiger partial charge on any atom is 0.327 e. The van der Waals surface area contributed by atoms with Crippen molar-refractivity contribution in [2.75, 3.05) is 27.9 Å². The van der Waals surface area contributed by atoms with Gasteiger partial charge in [-0.3, -0.25) is 4.79 Å². The normalized spacial score (nSPS) is 22.0. The molecule has 0 amide bonds. The van der Waals surface area contributed by atoms with Crippen molar-refractivity contribution < 1.29 is 23.7 Å². The van der Waals surface area contributed by atoms with Gasteiger partial charge in [0, 0.05) is 11.5 Å². The highest BCUT2D eigenvalue weighted by molar-refractivity contribution is 5.82. The minimum absolute atomic E-state index is 0.224. The van der Waals surface area contributed by atoms with E-state index in [0.29, 0.717) is 30.1 Å². The lowest BCUT2D eigenvalue weighted by Crippen LogP contribution is -2.39. The van der Waals surface area contributed by atoms with Gasteiger partial charge in [-0.2, -0.15) is 5.26 Å². The van der Waals surface area contributed by atoms with E-state index < -0.39 is 17.3 Å². The van der Waals surface area contributed by atoms with Crippen molar-refractivity contribution in [1.29, 1.82) is 5.26 Å². The molecule has 0 saturated heterocycles. The molecule has 1 aliphatic carbocycles. The van der Waals surface area contributed by atoms with Crippen molar-refractivity contribution in [1.82, 2.24) is 0 Å². The van der Waals surface area contributed by atoms with Crippen molar-refractivity contribution in [3.05, 3.63) is 29.8 Å². The summed E-state index contributed by atoms with van der Waals surface area (Å²) in [6.07, 6.45) is 4.64. The maximum atomic E-state index is 12.6. The van der Waals surface area contributed by atoms with Crippen LogP contribution in [-0.4, -0.2) is 33.9 Å². The number of nitrogens with zero attached hydrogens (tertiary/aromatic N) is 1. The summed E-state index contributed by atoms with van der Waals surface area (Å²) < 4.78 is 21.5. The van der Waals surface area contributed by atoms with Gasteiger partial charge in [0.15, 0.2) is 16.9 Å². The van der Waals surface area contributed by atoms with Gasteiger partial charge >= 0.3 is 5.97 Å². The first-order chi connectivity index (χ1) is 12.1. The number of rotatable bonds is 6. The zero-order valence-corrected chi connectivity index (χ0v) is 15.0. The second kappa shape index (κ2) is 7.93. The molecule has 2 atom stereocenters. The number of ether oxygens (including phenoxy) is 4. The summed E-state index contributed by atoms with van der Waals surface area (Å²) in [5, 5.41) is 9.88. The van der Waals surface area contributed by atoms with Gasteiger partial charge < -0.3 is 18.9 Å². The lowest BCUT2D eigenvalue weighted by Gasteiger charge is -2.35. The summed E-state index contributed by atoms with van der Waals surface area (Å²) in [6.45, 7) is 1.95. The Labute approximate surface area is 147 Å². The summed E-state index contributed by atoms with van der Waals surface area (Å²) in [7, 11) is 4.59. The van der Waals surface area contributed by atoms with Crippen LogP contribution in [0.3, 0.4) is 0 Å². The zero-order valence-electron chi connectivity index (χ0n) is 15.0. The van der Waals surface area contributed by atoms with Crippen molar-refractivity contribution in [3.8, 4) is 23.3 Å². The summed E-state index contributed by atoms with van der Waals surface area (Å²) in [5.74, 6) is 0.506. The smallest absolute Gasteiger partial charge is 0.327 e. The predicted molar refractivity (Wildman–Crippen MR) is 91.9 cm³/mol. The lowest BCUT2D eigenvalue weighted by molar-refractivity contribution is -0.153. The van der Waals surface area contributed by atoms with Crippen molar-refractivity contribution in [3.63, 3.8) is 0 Å². The van der Waals surface area contributed by atoms with Gasteiger partial charge in [-0.15, -0.1) is 0 Å². The molecule has 0 fully saturated rings. The summed E-state index contributed by atoms with van der Waals surface area (Å²) in [6, 6.07) is 5.78. The van der Waals surface area contributed by atoms with Gasteiger partial charge in [0.25, 0.3) is 0 Å². The minimum atomic E-state index is -1.29. The number of hydrogen-bond donors (Lipinski definition) is 0. The van der Waals surface area contributed by atoms with Crippen molar-refractivity contribution in [2.45, 2.75) is 25.7 Å². The molecule has 0 saturated carbocycles. The number of allylic oxidation sites excluding steroid dienone is 2. The van der Waals surface area contributed by atoms with Gasteiger partial charge in [0.05, 0.1) is 34.0 Å². The average Bonchev–Trinajstić information content (AvgIpc) is 2.66. The standard InChI is InChI=1S/C19H23NO5/c1-5-25-18(21)19(12-20)11-7-6-8-14(19)13-9-10-15(22-2)17(24-4)16(13)23-3/h6-7,9-10,14H,5,8,11H2,1-4H3. The van der Waals surface area contributed by atoms with Crippen LogP contribution in [0.5, 0.6) is 17.2 Å². The number of carbonyl (C=O) groups excluding carboxylic acids is 1. The molecule has 0 aliphatic heterocycles. The molecule has 0 bridgehead atoms. The number of benzene rings is 1. The maximum absolute atomic E-state index is 12.6. The molecule has 0 spiro atoms. The van der Waals surface area contributed by atoms with Crippen molar-refractivity contribution in [2.24, 2.45) is 5.41 Å². The lowest BCUT2D eigenvalue weighted by atomic mass is 9.66. The molecule has 1 aromatic rings. The highest BCUT2D eigenvalue weighted by atomic mass is 16.5. The number of methoxy groups -OCH3 is 3. The molecule has 0 radical (unpaired) electrons. The second-order valence-corrected chi connectivity index (χ2v) is 5.69. The average molecular weight is 345 g/mol. The molecule has 1 aliphatic rings. The third kappa shape index (κ3) is 3.14. The van der Waals surface area contributed by atoms with Crippen LogP contribution in [0.1, 0.15) is 31.2 Å². The van der Waals surface area contributed by atoms with Gasteiger partial charge in [0.1, 0.15) is 0 Å². The van der Waals surface area contributed by atoms with Gasteiger partial charge in [0.2, 0.25) is 5.75 Å². The third-order valence-corrected chi connectivity index (χ3v) is 4.52. The first kappa shape index (κ1) is 18.7. The molecule has 6 heteroatoms. The highest BCUT2D eigenvalue weighted by Crippen LogP contribution is 2.51. The van der Waals surface area contributed by atoms with Gasteiger partial charge in [-0.05, 0) is 25.8 Å². The Kier molecular flexibility index (Phi) is 5.92. The van der Waals surface area contributed by atoms with Crippen molar-refractivity contribution >= 4 is 5.97 Å². The van der Waals surface area contributed by atoms with Crippen LogP contribution in [-0.2, 0) is 9.53 Å². The van der Waals surface area contributed by atoms with Gasteiger partial charge in [-0.1, -0.05) is 18.2 Å². The third-order valence-electron chi connectivity index (χ3n) is 4.52. The van der Waals surface area contributed by atoms with Crippen LogP contribution in [0, 0.1) is 16.7 Å². The van der Waals surface area contributed by atoms with E-state index in [2.05, 4.69) is 6.07 Å². The fourth-order valence-corrected chi connectivity index (χ4v) is 3.29. The number of esters is 1. The summed E-state index contributed by atoms with van der Waals surface area (Å²) in [4.78, 5) is 12.6. The van der Waals surface area contributed by atoms with E-state index in [4.69, 9.17) is 18.9 Å². The Hall–Kier alpha value is -2.68. The van der Waals surface area contributed by atoms with E-state index in [1.807, 2.05) is 18.2 Å². The minimum Gasteiger partial charge on any atom is -0.493 e. The molecule has 2 rings (SSSR count). The topological polar surface area (TPSA) is 77.8 Å². The van der Waals surface area contributed by atoms with E-state index in [-0.39, 0.29) is 6.61 Å². The van der Waals surface area contributed by atoms with Gasteiger partial charge in [-0.25, -0.2) is 0 Å². The SMILES string of the molecule is CCOC(=O)C1(C#N)CC=CCC1c1ccc(OC)c(OC)c1OC. The fourth-order valence-electron chi connectivity index (χ4n) is 3.29. The zero-order chi connectivity index (χ0) is 18.4. The van der Waals surface area contributed by atoms with Crippen LogP contribution < -0.4 is 14.2 Å². The Morgan fingerprint density at radius 3 is 2.48 bits per heavy atom. The second-order valence-electron chi connectivity index (χ2n) is 5.69. The number of nitriles is 1. The quantitative estimate of drug-likeness (QED) is 0.582.